The molecule has 2 heterocycles. The second-order valence-corrected chi connectivity index (χ2v) is 6.10. The molecule has 2 aromatic carbocycles. The lowest BCUT2D eigenvalue weighted by Crippen LogP contribution is -2.54. The fraction of sp³-hybridized carbons (Fsp3) is 0.158. The summed E-state index contributed by atoms with van der Waals surface area (Å²) in [5.41, 5.74) is 10.9. The Balaban J connectivity index is 1.87. The second-order valence-electron chi connectivity index (χ2n) is 6.10. The van der Waals surface area contributed by atoms with Crippen molar-refractivity contribution in [2.45, 2.75) is 19.3 Å². The van der Waals surface area contributed by atoms with E-state index < -0.39 is 0 Å². The normalized spacial score (nSPS) is 17.9. The third-order valence-electron chi connectivity index (χ3n) is 5.09. The van der Waals surface area contributed by atoms with Crippen molar-refractivity contribution in [3.8, 4) is 0 Å². The van der Waals surface area contributed by atoms with Crippen molar-refractivity contribution in [1.82, 2.24) is 0 Å². The summed E-state index contributed by atoms with van der Waals surface area (Å²) in [7, 11) is 0. The van der Waals surface area contributed by atoms with Crippen molar-refractivity contribution in [3.05, 3.63) is 82.4 Å². The summed E-state index contributed by atoms with van der Waals surface area (Å²) in [4.78, 5) is 0. The predicted octanol–water partition coefficient (Wildman–Crippen LogP) is 2.55. The monoisotopic (exact) mass is 254 g/mol. The van der Waals surface area contributed by atoms with Gasteiger partial charge in [0.15, 0.2) is 0 Å². The highest BCUT2D eigenvalue weighted by molar-refractivity contribution is 6.93. The van der Waals surface area contributed by atoms with Crippen molar-refractivity contribution in [3.63, 3.8) is 0 Å². The Labute approximate surface area is 119 Å². The van der Waals surface area contributed by atoms with Gasteiger partial charge in [0.1, 0.15) is 0 Å². The molecule has 0 fully saturated rings. The van der Waals surface area contributed by atoms with E-state index in [9.17, 15) is 0 Å². The maximum atomic E-state index is 2.45. The molecule has 94 valence electrons. The van der Waals surface area contributed by atoms with Gasteiger partial charge in [-0.25, -0.2) is 0 Å². The third kappa shape index (κ3) is 1.28. The van der Waals surface area contributed by atoms with Crippen LogP contribution in [0.5, 0.6) is 0 Å². The molecule has 0 spiro atoms. The van der Waals surface area contributed by atoms with Crippen LogP contribution < -0.4 is 10.9 Å². The van der Waals surface area contributed by atoms with E-state index in [1.165, 1.54) is 16.6 Å². The van der Waals surface area contributed by atoms with Crippen LogP contribution in [0.3, 0.4) is 0 Å². The van der Waals surface area contributed by atoms with Gasteiger partial charge < -0.3 is 0 Å². The molecule has 1 heteroatoms. The summed E-state index contributed by atoms with van der Waals surface area (Å²) in [6.07, 6.45) is 8.21. The molecule has 0 saturated heterocycles. The van der Waals surface area contributed by atoms with Crippen molar-refractivity contribution in [2.24, 2.45) is 0 Å². The summed E-state index contributed by atoms with van der Waals surface area (Å²) < 4.78 is 0. The lowest BCUT2D eigenvalue weighted by Gasteiger charge is -2.34. The lowest BCUT2D eigenvalue weighted by molar-refractivity contribution is 1.13. The van der Waals surface area contributed by atoms with Crippen LogP contribution >= 0.6 is 0 Å². The minimum Gasteiger partial charge on any atom is -0.0851 e. The van der Waals surface area contributed by atoms with Crippen LogP contribution in [0.15, 0.2) is 65.7 Å². The zero-order chi connectivity index (χ0) is 13.1. The summed E-state index contributed by atoms with van der Waals surface area (Å²) in [6.45, 7) is 0.494. The number of rotatable bonds is 0. The Kier molecular flexibility index (Phi) is 2.02. The van der Waals surface area contributed by atoms with E-state index in [1.54, 1.807) is 22.1 Å². The first-order valence-corrected chi connectivity index (χ1v) is 7.50. The van der Waals surface area contributed by atoms with Gasteiger partial charge in [-0.3, -0.25) is 0 Å². The van der Waals surface area contributed by atoms with E-state index >= 15 is 0 Å². The number of allylic oxidation sites excluding steroid dienone is 4. The molecule has 0 unspecified atom stereocenters. The Morgan fingerprint density at radius 1 is 0.750 bits per heavy atom. The quantitative estimate of drug-likeness (QED) is 0.634. The van der Waals surface area contributed by atoms with Crippen molar-refractivity contribution in [2.75, 3.05) is 0 Å². The second kappa shape index (κ2) is 3.76. The van der Waals surface area contributed by atoms with Gasteiger partial charge in [0, 0.05) is 0 Å². The van der Waals surface area contributed by atoms with Crippen molar-refractivity contribution < 1.29 is 0 Å². The zero-order valence-electron chi connectivity index (χ0n) is 11.4. The molecule has 5 rings (SSSR count). The van der Waals surface area contributed by atoms with Gasteiger partial charge in [0.25, 0.3) is 0 Å². The molecule has 0 nitrogen and oxygen atoms in total. The first kappa shape index (κ1) is 10.7. The Morgan fingerprint density at radius 3 is 2.50 bits per heavy atom. The number of hydrogen-bond acceptors (Lipinski definition) is 0. The molecular weight excluding hydrogens is 239 g/mol. The van der Waals surface area contributed by atoms with Crippen LogP contribution in [0.25, 0.3) is 0 Å². The fourth-order valence-corrected chi connectivity index (χ4v) is 4.27. The molecule has 0 bridgehead atoms. The van der Waals surface area contributed by atoms with Crippen LogP contribution in [-0.4, -0.2) is 6.71 Å². The smallest absolute Gasteiger partial charge is 0.0851 e. The standard InChI is InChI=1S/C19H15B/c1-2-9-17-13(5-1)11-15-7-3-8-16-12-14-6-4-10-18(14)20(17)19(15)16/h1-3,5-10H,4,11-12H2. The Hall–Kier alpha value is -2.02. The van der Waals surface area contributed by atoms with Crippen molar-refractivity contribution in [1.29, 1.82) is 0 Å². The molecule has 3 aliphatic rings. The van der Waals surface area contributed by atoms with E-state index in [0.29, 0.717) is 6.71 Å². The van der Waals surface area contributed by atoms with Crippen LogP contribution in [0.2, 0.25) is 0 Å². The number of benzene rings is 2. The van der Waals surface area contributed by atoms with Crippen LogP contribution in [-0.2, 0) is 12.8 Å². The molecule has 0 saturated carbocycles. The molecule has 0 atom stereocenters. The van der Waals surface area contributed by atoms with Crippen LogP contribution in [0, 0.1) is 0 Å². The predicted molar refractivity (Wildman–Crippen MR) is 85.2 cm³/mol. The van der Waals surface area contributed by atoms with Crippen molar-refractivity contribution >= 4 is 17.6 Å². The molecule has 1 aliphatic carbocycles. The maximum absolute atomic E-state index is 2.45. The number of fused-ring (bicyclic) bond motifs is 4. The average Bonchev–Trinajstić information content (AvgIpc) is 2.95. The van der Waals surface area contributed by atoms with Gasteiger partial charge in [0.2, 0.25) is 6.71 Å². The van der Waals surface area contributed by atoms with Gasteiger partial charge in [-0.1, -0.05) is 76.6 Å². The Bertz CT molecular complexity index is 795. The maximum Gasteiger partial charge on any atom is 0.242 e. The molecule has 2 aliphatic heterocycles. The summed E-state index contributed by atoms with van der Waals surface area (Å²) in [5.74, 6) is 0. The molecular formula is C19H15B. The summed E-state index contributed by atoms with van der Waals surface area (Å²) >= 11 is 0. The molecule has 0 amide bonds. The first-order valence-electron chi connectivity index (χ1n) is 7.50. The topological polar surface area (TPSA) is 0 Å². The average molecular weight is 254 g/mol. The van der Waals surface area contributed by atoms with E-state index in [4.69, 9.17) is 0 Å². The number of hydrogen-bond donors (Lipinski definition) is 0. The molecule has 2 aromatic rings. The van der Waals surface area contributed by atoms with E-state index in [-0.39, 0.29) is 0 Å². The Morgan fingerprint density at radius 2 is 1.55 bits per heavy atom. The fourth-order valence-electron chi connectivity index (χ4n) is 4.27. The largest absolute Gasteiger partial charge is 0.242 e. The highest BCUT2D eigenvalue weighted by Gasteiger charge is 2.38. The minimum absolute atomic E-state index is 0.494. The van der Waals surface area contributed by atoms with Gasteiger partial charge in [-0.05, 0) is 36.0 Å². The van der Waals surface area contributed by atoms with Gasteiger partial charge >= 0.3 is 0 Å². The molecule has 0 N–H and O–H groups in total. The zero-order valence-corrected chi connectivity index (χ0v) is 11.4. The molecule has 0 aromatic heterocycles. The van der Waals surface area contributed by atoms with E-state index in [1.807, 2.05) is 0 Å². The van der Waals surface area contributed by atoms with Gasteiger partial charge in [-0.2, -0.15) is 0 Å². The van der Waals surface area contributed by atoms with E-state index in [0.717, 1.165) is 19.3 Å². The minimum atomic E-state index is 0.494. The highest BCUT2D eigenvalue weighted by atomic mass is 14.2. The van der Waals surface area contributed by atoms with E-state index in [2.05, 4.69) is 54.6 Å². The summed E-state index contributed by atoms with van der Waals surface area (Å²) in [6, 6.07) is 15.9. The molecule has 20 heavy (non-hydrogen) atoms. The van der Waals surface area contributed by atoms with Crippen LogP contribution in [0.4, 0.5) is 0 Å². The third-order valence-corrected chi connectivity index (χ3v) is 5.09. The summed E-state index contributed by atoms with van der Waals surface area (Å²) in [5, 5.41) is 0. The van der Waals surface area contributed by atoms with Gasteiger partial charge in [0.05, 0.1) is 0 Å². The molecule has 0 radical (unpaired) electrons. The first-order chi connectivity index (χ1) is 9.92. The lowest BCUT2D eigenvalue weighted by atomic mass is 9.30. The van der Waals surface area contributed by atoms with Gasteiger partial charge in [-0.15, -0.1) is 0 Å². The highest BCUT2D eigenvalue weighted by Crippen LogP contribution is 2.32. The SMILES string of the molecule is C1=C2Cc3cccc4c3B(C2=CC1)c1ccccc1C4. The van der Waals surface area contributed by atoms with Crippen LogP contribution in [0.1, 0.15) is 23.1 Å².